The Balaban J connectivity index is 1.89. The highest BCUT2D eigenvalue weighted by atomic mass is 32.2. The van der Waals surface area contributed by atoms with E-state index in [1.807, 2.05) is 30.3 Å². The summed E-state index contributed by atoms with van der Waals surface area (Å²) < 4.78 is 67.0. The van der Waals surface area contributed by atoms with E-state index in [4.69, 9.17) is 0 Å². The minimum atomic E-state index is -4.87. The predicted molar refractivity (Wildman–Crippen MR) is 121 cm³/mol. The molecule has 0 bridgehead atoms. The van der Waals surface area contributed by atoms with Gasteiger partial charge in [0.15, 0.2) is 0 Å². The molecular weight excluding hydrogens is 453 g/mol. The van der Waals surface area contributed by atoms with Crippen LogP contribution >= 0.6 is 0 Å². The average molecular weight is 475 g/mol. The third kappa shape index (κ3) is 5.68. The van der Waals surface area contributed by atoms with E-state index in [1.165, 1.54) is 12.1 Å². The quantitative estimate of drug-likeness (QED) is 0.457. The lowest BCUT2D eigenvalue weighted by Crippen LogP contribution is -2.38. The second kappa shape index (κ2) is 10.0. The first-order valence-corrected chi connectivity index (χ1v) is 11.3. The fraction of sp³-hybridized carbons (Fsp3) is 0.125. The van der Waals surface area contributed by atoms with Crippen molar-refractivity contribution in [2.45, 2.75) is 11.1 Å². The van der Waals surface area contributed by atoms with Crippen LogP contribution in [0.4, 0.5) is 18.9 Å². The predicted octanol–water partition coefficient (Wildman–Crippen LogP) is 5.19. The summed E-state index contributed by atoms with van der Waals surface area (Å²) >= 11 is 0. The number of sulfonamides is 1. The number of amides is 1. The van der Waals surface area contributed by atoms with Gasteiger partial charge in [-0.25, -0.2) is 8.42 Å². The van der Waals surface area contributed by atoms with E-state index < -0.39 is 39.1 Å². The highest BCUT2D eigenvalue weighted by Gasteiger charge is 2.39. The van der Waals surface area contributed by atoms with Gasteiger partial charge in [0.25, 0.3) is 0 Å². The van der Waals surface area contributed by atoms with Gasteiger partial charge in [0.2, 0.25) is 15.9 Å². The Morgan fingerprint density at radius 1 is 0.939 bits per heavy atom. The molecular formula is C24H21F3N2O3S. The summed E-state index contributed by atoms with van der Waals surface area (Å²) in [6.07, 6.45) is -3.67. The highest BCUT2D eigenvalue weighted by Crippen LogP contribution is 2.35. The molecule has 33 heavy (non-hydrogen) atoms. The molecule has 0 aliphatic rings. The summed E-state index contributed by atoms with van der Waals surface area (Å²) in [6, 6.07) is 20.1. The monoisotopic (exact) mass is 474 g/mol. The Bertz CT molecular complexity index is 1240. The Kier molecular flexibility index (Phi) is 7.35. The third-order valence-electron chi connectivity index (χ3n) is 4.75. The van der Waals surface area contributed by atoms with Crippen molar-refractivity contribution in [2.24, 2.45) is 0 Å². The molecule has 1 N–H and O–H groups in total. The minimum absolute atomic E-state index is 0.345. The molecule has 3 aromatic rings. The standard InChI is InChI=1S/C24H21F3N2O3S/c1-2-16-29(33(31,32)22-15-9-7-13-20(22)24(25,26)27)17-23(30)28-21-14-8-6-12-19(21)18-10-4-3-5-11-18/h2-15H,1,16-17H2,(H,28,30). The summed E-state index contributed by atoms with van der Waals surface area (Å²) in [7, 11) is -4.65. The largest absolute Gasteiger partial charge is 0.417 e. The number of carbonyl (C=O) groups excluding carboxylic acids is 1. The van der Waals surface area contributed by atoms with Gasteiger partial charge in [0, 0.05) is 17.8 Å². The fourth-order valence-electron chi connectivity index (χ4n) is 3.27. The van der Waals surface area contributed by atoms with Crippen molar-refractivity contribution in [3.63, 3.8) is 0 Å². The molecule has 0 spiro atoms. The molecule has 0 atom stereocenters. The van der Waals surface area contributed by atoms with E-state index >= 15 is 0 Å². The maximum atomic E-state index is 13.4. The summed E-state index contributed by atoms with van der Waals surface area (Å²) in [5.41, 5.74) is 0.698. The molecule has 172 valence electrons. The molecule has 9 heteroatoms. The van der Waals surface area contributed by atoms with Crippen molar-refractivity contribution in [2.75, 3.05) is 18.4 Å². The smallest absolute Gasteiger partial charge is 0.324 e. The lowest BCUT2D eigenvalue weighted by atomic mass is 10.0. The van der Waals surface area contributed by atoms with Crippen molar-refractivity contribution < 1.29 is 26.4 Å². The first-order valence-electron chi connectivity index (χ1n) is 9.86. The summed E-state index contributed by atoms with van der Waals surface area (Å²) in [5, 5.41) is 2.66. The van der Waals surface area contributed by atoms with Crippen LogP contribution in [-0.4, -0.2) is 31.7 Å². The molecule has 0 saturated carbocycles. The number of halogens is 3. The fourth-order valence-corrected chi connectivity index (χ4v) is 4.85. The molecule has 1 amide bonds. The minimum Gasteiger partial charge on any atom is -0.324 e. The third-order valence-corrected chi connectivity index (χ3v) is 6.62. The topological polar surface area (TPSA) is 66.5 Å². The van der Waals surface area contributed by atoms with Crippen LogP contribution in [0, 0.1) is 0 Å². The lowest BCUT2D eigenvalue weighted by Gasteiger charge is -2.23. The molecule has 0 fully saturated rings. The Morgan fingerprint density at radius 3 is 2.21 bits per heavy atom. The van der Waals surface area contributed by atoms with Gasteiger partial charge in [-0.15, -0.1) is 6.58 Å². The molecule has 0 saturated heterocycles. The van der Waals surface area contributed by atoms with Crippen LogP contribution in [0.25, 0.3) is 11.1 Å². The molecule has 3 rings (SSSR count). The van der Waals surface area contributed by atoms with Gasteiger partial charge in [-0.05, 0) is 23.8 Å². The van der Waals surface area contributed by atoms with E-state index in [0.717, 1.165) is 17.7 Å². The van der Waals surface area contributed by atoms with Gasteiger partial charge in [0.1, 0.15) is 0 Å². The average Bonchev–Trinajstić information content (AvgIpc) is 2.79. The van der Waals surface area contributed by atoms with E-state index in [2.05, 4.69) is 11.9 Å². The van der Waals surface area contributed by atoms with Crippen molar-refractivity contribution in [1.82, 2.24) is 4.31 Å². The van der Waals surface area contributed by atoms with Gasteiger partial charge in [-0.1, -0.05) is 66.7 Å². The summed E-state index contributed by atoms with van der Waals surface area (Å²) in [5.74, 6) is -0.701. The van der Waals surface area contributed by atoms with Crippen molar-refractivity contribution in [1.29, 1.82) is 0 Å². The lowest BCUT2D eigenvalue weighted by molar-refractivity contribution is -0.139. The van der Waals surface area contributed by atoms with E-state index in [0.29, 0.717) is 21.6 Å². The van der Waals surface area contributed by atoms with Crippen LogP contribution in [0.5, 0.6) is 0 Å². The molecule has 3 aromatic carbocycles. The van der Waals surface area contributed by atoms with Crippen LogP contribution in [0.15, 0.2) is 96.4 Å². The number of nitrogens with one attached hydrogen (secondary N) is 1. The van der Waals surface area contributed by atoms with E-state index in [1.54, 1.807) is 24.3 Å². The second-order valence-electron chi connectivity index (χ2n) is 7.04. The number of rotatable bonds is 8. The van der Waals surface area contributed by atoms with Gasteiger partial charge in [0.05, 0.1) is 17.0 Å². The number of hydrogen-bond donors (Lipinski definition) is 1. The van der Waals surface area contributed by atoms with Gasteiger partial charge in [-0.3, -0.25) is 4.79 Å². The maximum absolute atomic E-state index is 13.4. The Hall–Kier alpha value is -3.43. The molecule has 0 unspecified atom stereocenters. The number of hydrogen-bond acceptors (Lipinski definition) is 3. The highest BCUT2D eigenvalue weighted by molar-refractivity contribution is 7.89. The zero-order valence-electron chi connectivity index (χ0n) is 17.4. The second-order valence-corrected chi connectivity index (χ2v) is 8.95. The number of anilines is 1. The molecule has 5 nitrogen and oxygen atoms in total. The first-order chi connectivity index (χ1) is 15.6. The van der Waals surface area contributed by atoms with Gasteiger partial charge >= 0.3 is 6.18 Å². The van der Waals surface area contributed by atoms with Crippen LogP contribution in [0.1, 0.15) is 5.56 Å². The van der Waals surface area contributed by atoms with Crippen LogP contribution < -0.4 is 5.32 Å². The number of alkyl halides is 3. The zero-order chi connectivity index (χ0) is 24.1. The molecule has 0 heterocycles. The first kappa shape index (κ1) is 24.2. The van der Waals surface area contributed by atoms with E-state index in [-0.39, 0.29) is 6.54 Å². The SMILES string of the molecule is C=CCN(CC(=O)Nc1ccccc1-c1ccccc1)S(=O)(=O)c1ccccc1C(F)(F)F. The van der Waals surface area contributed by atoms with Gasteiger partial charge < -0.3 is 5.32 Å². The number of para-hydroxylation sites is 1. The van der Waals surface area contributed by atoms with Gasteiger partial charge in [-0.2, -0.15) is 17.5 Å². The molecule has 0 aromatic heterocycles. The molecule has 0 aliphatic heterocycles. The number of benzene rings is 3. The van der Waals surface area contributed by atoms with Crippen LogP contribution in [-0.2, 0) is 21.0 Å². The van der Waals surface area contributed by atoms with Crippen LogP contribution in [0.3, 0.4) is 0 Å². The Morgan fingerprint density at radius 2 is 1.55 bits per heavy atom. The maximum Gasteiger partial charge on any atom is 0.417 e. The van der Waals surface area contributed by atoms with Crippen molar-refractivity contribution in [3.05, 3.63) is 97.1 Å². The van der Waals surface area contributed by atoms with E-state index in [9.17, 15) is 26.4 Å². The summed E-state index contributed by atoms with van der Waals surface area (Å²) in [4.78, 5) is 11.8. The Labute approximate surface area is 190 Å². The molecule has 0 aliphatic carbocycles. The zero-order valence-corrected chi connectivity index (χ0v) is 18.2. The normalized spacial score (nSPS) is 11.9. The number of nitrogens with zero attached hydrogens (tertiary/aromatic N) is 1. The van der Waals surface area contributed by atoms with Crippen LogP contribution in [0.2, 0.25) is 0 Å². The summed E-state index contributed by atoms with van der Waals surface area (Å²) in [6.45, 7) is 2.43. The van der Waals surface area contributed by atoms with Crippen molar-refractivity contribution in [3.8, 4) is 11.1 Å². The van der Waals surface area contributed by atoms with Crippen molar-refractivity contribution >= 4 is 21.6 Å². The number of carbonyl (C=O) groups is 1. The molecule has 0 radical (unpaired) electrons.